The molecule has 0 radical (unpaired) electrons. The Morgan fingerprint density at radius 3 is 0.837 bits per heavy atom. The van der Waals surface area contributed by atoms with Gasteiger partial charge in [-0.1, -0.05) is 293 Å². The number of halogens is 4. The first-order chi connectivity index (χ1) is 47.4. The van der Waals surface area contributed by atoms with Crippen LogP contribution in [0, 0.1) is 6.92 Å². The molecule has 0 atom stereocenters. The Balaban J connectivity index is 0.000000281. The molecule has 0 aliphatic carbocycles. The SMILES string of the molecule is CCCCCCCC[Si](Cl)(Cl)CCCCCCC.CCCCCCCC[Si]1(CCCCCCCC)c2c(sc3c(CCCCCC)csc23)-c2sc3c(CCCCCC)csc3c21.CCCCCCc1csc2c(Br)c(-c3sc4c(CCCCCC)csc4c3Br)sc12.[CH2-]CCC.[Li+]. The standard InChI is InChI=1S/C40H62S4Si.C24H28Br2S4.C15H32Cl2Si.C4H9.Li/c1-5-9-13-17-19-23-27-45(28-24-20-18-14-10-6-2)39-35-33(31(29-41-35)25-21-15-11-7-3)43-37(39)38-40(45)36-34(44-38)32(30-42-36)26-22-16-12-8-4;1-3-5-7-9-11-15-13-27-21-17(25)23(29-19(15)21)24-18(26)22-20(30-24)16(14-28-22)12-10-8-6-4-2;1-3-5-7-9-11-13-15-18(16,17)14-12-10-8-6-4-2;1-3-4-2;/h29-30H,5-28H2,1-4H3;13-14H,3-12H2,1-2H3;3-15H2,1-2H3;1,3-4H2,2H3;/q;;;-1;+1. The van der Waals surface area contributed by atoms with E-state index in [4.69, 9.17) is 22.2 Å². The summed E-state index contributed by atoms with van der Waals surface area (Å²) in [6.07, 6.45) is 60.5. The molecule has 1 aliphatic heterocycles. The summed E-state index contributed by atoms with van der Waals surface area (Å²) in [6, 6.07) is 5.21. The third kappa shape index (κ3) is 27.4. The van der Waals surface area contributed by atoms with Crippen molar-refractivity contribution < 1.29 is 18.9 Å². The molecule has 8 aromatic heterocycles. The van der Waals surface area contributed by atoms with Crippen LogP contribution in [-0.2, 0) is 25.7 Å². The first kappa shape index (κ1) is 89.8. The van der Waals surface area contributed by atoms with Gasteiger partial charge in [-0.05, 0) is 162 Å². The van der Waals surface area contributed by atoms with Crippen LogP contribution in [0.2, 0.25) is 24.2 Å². The Kier molecular flexibility index (Phi) is 47.2. The van der Waals surface area contributed by atoms with E-state index in [0.29, 0.717) is 0 Å². The number of unbranched alkanes of at least 4 members (excludes halogenated alkanes) is 32. The van der Waals surface area contributed by atoms with E-state index in [1.807, 2.05) is 55.7 Å². The fourth-order valence-electron chi connectivity index (χ4n) is 14.2. The molecular weight excluding hydrogens is 1550 g/mol. The van der Waals surface area contributed by atoms with Crippen molar-refractivity contribution in [2.24, 2.45) is 0 Å². The average molecular weight is 1680 g/mol. The number of rotatable bonds is 49. The third-order valence-electron chi connectivity index (χ3n) is 20.2. The predicted molar refractivity (Wildman–Crippen MR) is 474 cm³/mol. The van der Waals surface area contributed by atoms with Crippen molar-refractivity contribution >= 4 is 207 Å². The Morgan fingerprint density at radius 2 is 0.551 bits per heavy atom. The second-order valence-electron chi connectivity index (χ2n) is 28.5. The molecule has 1 aliphatic rings. The number of hydrogen-bond donors (Lipinski definition) is 0. The molecular formula is C83H131Br2Cl2LiS8Si2. The van der Waals surface area contributed by atoms with Gasteiger partial charge in [-0.25, -0.2) is 0 Å². The Morgan fingerprint density at radius 1 is 0.316 bits per heavy atom. The summed E-state index contributed by atoms with van der Waals surface area (Å²) >= 11 is 37.5. The van der Waals surface area contributed by atoms with Gasteiger partial charge in [0.2, 0.25) is 0 Å². The van der Waals surface area contributed by atoms with E-state index < -0.39 is 14.8 Å². The van der Waals surface area contributed by atoms with Crippen LogP contribution in [0.5, 0.6) is 0 Å². The number of hydrogen-bond acceptors (Lipinski definition) is 8. The van der Waals surface area contributed by atoms with Gasteiger partial charge in [-0.3, -0.25) is 0 Å². The molecule has 0 unspecified atom stereocenters. The van der Waals surface area contributed by atoms with Gasteiger partial charge in [0.1, 0.15) is 8.07 Å². The molecule has 15 heteroatoms. The smallest absolute Gasteiger partial charge is 0.343 e. The minimum Gasteiger partial charge on any atom is -0.343 e. The van der Waals surface area contributed by atoms with E-state index in [9.17, 15) is 0 Å². The maximum Gasteiger partial charge on any atom is 1.00 e. The van der Waals surface area contributed by atoms with Gasteiger partial charge >= 0.3 is 18.9 Å². The Labute approximate surface area is 673 Å². The molecule has 98 heavy (non-hydrogen) atoms. The Hall–Kier alpha value is 1.21. The van der Waals surface area contributed by atoms with Crippen LogP contribution in [0.4, 0.5) is 0 Å². The van der Waals surface area contributed by atoms with Crippen molar-refractivity contribution in [3.05, 3.63) is 59.6 Å². The number of fused-ring (bicyclic) bond motifs is 9. The fourth-order valence-corrected chi connectivity index (χ4v) is 39.0. The second kappa shape index (κ2) is 51.5. The summed E-state index contributed by atoms with van der Waals surface area (Å²) in [7, 11) is -1.85. The van der Waals surface area contributed by atoms with E-state index in [2.05, 4.69) is 168 Å². The fraction of sp³-hybridized carbons (Fsp3) is 0.699. The second-order valence-corrected chi connectivity index (χ2v) is 49.5. The van der Waals surface area contributed by atoms with Crippen LogP contribution >= 0.6 is 145 Å². The zero-order chi connectivity index (χ0) is 69.7. The average Bonchev–Trinajstić information content (AvgIpc) is 1.52. The molecule has 0 saturated carbocycles. The van der Waals surface area contributed by atoms with Gasteiger partial charge in [0, 0.05) is 28.6 Å². The van der Waals surface area contributed by atoms with Crippen LogP contribution in [-0.4, -0.2) is 14.8 Å². The number of thiophene rings is 8. The monoisotopic (exact) mass is 1670 g/mol. The first-order valence-electron chi connectivity index (χ1n) is 40.0. The van der Waals surface area contributed by atoms with E-state index >= 15 is 0 Å². The quantitative estimate of drug-likeness (QED) is 0.0154. The van der Waals surface area contributed by atoms with E-state index in [0.717, 1.165) is 18.5 Å². The van der Waals surface area contributed by atoms with Crippen molar-refractivity contribution in [1.82, 2.24) is 0 Å². The zero-order valence-electron chi connectivity index (χ0n) is 63.4. The van der Waals surface area contributed by atoms with Gasteiger partial charge in [-0.15, -0.1) is 113 Å². The summed E-state index contributed by atoms with van der Waals surface area (Å²) in [5.41, 5.74) is 6.47. The summed E-state index contributed by atoms with van der Waals surface area (Å²) in [6.45, 7) is 22.3. The predicted octanol–water partition coefficient (Wildman–Crippen LogP) is 32.3. The molecule has 8 aromatic rings. The molecule has 9 rings (SSSR count). The van der Waals surface area contributed by atoms with Crippen molar-refractivity contribution in [3.63, 3.8) is 0 Å². The summed E-state index contributed by atoms with van der Waals surface area (Å²) in [5.74, 6) is 0. The minimum absolute atomic E-state index is 0. The van der Waals surface area contributed by atoms with Crippen LogP contribution in [0.25, 0.3) is 57.1 Å². The molecule has 0 amide bonds. The van der Waals surface area contributed by atoms with Crippen LogP contribution in [0.1, 0.15) is 348 Å². The minimum atomic E-state index is -1.89. The summed E-state index contributed by atoms with van der Waals surface area (Å²) < 4.78 is 15.4. The van der Waals surface area contributed by atoms with Gasteiger partial charge in [0.25, 0.3) is 6.69 Å². The van der Waals surface area contributed by atoms with Crippen LogP contribution in [0.3, 0.4) is 0 Å². The van der Waals surface area contributed by atoms with Gasteiger partial charge < -0.3 is 6.92 Å². The van der Waals surface area contributed by atoms with E-state index in [1.54, 1.807) is 50.8 Å². The number of aryl methyl sites for hydroxylation is 4. The molecule has 0 bridgehead atoms. The Bertz CT molecular complexity index is 3150. The van der Waals surface area contributed by atoms with Crippen molar-refractivity contribution in [2.75, 3.05) is 0 Å². The maximum atomic E-state index is 6.49. The molecule has 0 aromatic carbocycles. The molecule has 548 valence electrons. The zero-order valence-corrected chi connectivity index (χ0v) is 76.7. The maximum absolute atomic E-state index is 6.49. The largest absolute Gasteiger partial charge is 1.00 e. The third-order valence-corrected chi connectivity index (χ3v) is 43.4. The topological polar surface area (TPSA) is 0 Å². The van der Waals surface area contributed by atoms with E-state index in [-0.39, 0.29) is 18.9 Å². The molecule has 0 spiro atoms. The molecule has 0 N–H and O–H groups in total. The van der Waals surface area contributed by atoms with Gasteiger partial charge in [-0.2, -0.15) is 6.42 Å². The molecule has 0 nitrogen and oxygen atoms in total. The van der Waals surface area contributed by atoms with Crippen molar-refractivity contribution in [3.8, 4) is 19.5 Å². The van der Waals surface area contributed by atoms with Crippen LogP contribution < -0.4 is 29.2 Å². The van der Waals surface area contributed by atoms with Gasteiger partial charge in [0.05, 0.1) is 37.5 Å². The molecule has 9 heterocycles. The summed E-state index contributed by atoms with van der Waals surface area (Å²) in [4.78, 5) is 6.33. The summed E-state index contributed by atoms with van der Waals surface area (Å²) in [5, 5.41) is 13.8. The van der Waals surface area contributed by atoms with Crippen molar-refractivity contribution in [1.29, 1.82) is 0 Å². The normalized spacial score (nSPS) is 12.6. The van der Waals surface area contributed by atoms with Gasteiger partial charge in [0.15, 0.2) is 0 Å². The van der Waals surface area contributed by atoms with Crippen LogP contribution in [0.15, 0.2) is 30.5 Å². The van der Waals surface area contributed by atoms with E-state index in [1.165, 1.54) is 332 Å². The first-order valence-corrected chi connectivity index (χ1v) is 55.2. The molecule has 0 fully saturated rings. The van der Waals surface area contributed by atoms with Crippen molar-refractivity contribution in [2.45, 2.75) is 375 Å². The molecule has 0 saturated heterocycles.